The highest BCUT2D eigenvalue weighted by Gasteiger charge is 2.36. The molecule has 9 heteroatoms. The summed E-state index contributed by atoms with van der Waals surface area (Å²) in [4.78, 5) is 37.2. The molecule has 1 heterocycles. The Labute approximate surface area is 197 Å². The number of carbonyl (C=O) groups is 3. The Balaban J connectivity index is 1.84. The van der Waals surface area contributed by atoms with Crippen molar-refractivity contribution in [2.24, 2.45) is 0 Å². The van der Waals surface area contributed by atoms with Crippen LogP contribution in [0.15, 0.2) is 47.4 Å². The van der Waals surface area contributed by atoms with E-state index in [0.717, 1.165) is 25.8 Å². The molecule has 0 unspecified atom stereocenters. The van der Waals surface area contributed by atoms with Crippen LogP contribution in [-0.4, -0.2) is 42.3 Å². The van der Waals surface area contributed by atoms with Crippen molar-refractivity contribution in [1.29, 1.82) is 0 Å². The van der Waals surface area contributed by atoms with Crippen LogP contribution in [0.3, 0.4) is 0 Å². The number of hydrogen-bond donors (Lipinski definition) is 0. The van der Waals surface area contributed by atoms with Gasteiger partial charge in [0.15, 0.2) is 11.5 Å². The summed E-state index contributed by atoms with van der Waals surface area (Å²) >= 11 is 2.93. The van der Waals surface area contributed by atoms with E-state index < -0.39 is 23.7 Å². The maximum Gasteiger partial charge on any atom is 0.325 e. The molecule has 7 nitrogen and oxygen atoms in total. The molecular formula is C22H20INO6S. The fourth-order valence-electron chi connectivity index (χ4n) is 2.79. The molecule has 2 aromatic rings. The maximum absolute atomic E-state index is 12.5. The van der Waals surface area contributed by atoms with Crippen LogP contribution < -0.4 is 9.47 Å². The first-order chi connectivity index (χ1) is 14.9. The number of benzene rings is 2. The Morgan fingerprint density at radius 1 is 1.16 bits per heavy atom. The normalized spacial score (nSPS) is 14.8. The number of thioether (sulfide) groups is 1. The summed E-state index contributed by atoms with van der Waals surface area (Å²) < 4.78 is 17.1. The summed E-state index contributed by atoms with van der Waals surface area (Å²) in [6.45, 7) is 2.30. The number of nitrogens with zero attached hydrogens (tertiary/aromatic N) is 1. The van der Waals surface area contributed by atoms with Gasteiger partial charge in [-0.15, -0.1) is 0 Å². The van der Waals surface area contributed by atoms with E-state index in [9.17, 15) is 14.4 Å². The number of esters is 1. The molecule has 0 aliphatic carbocycles. The van der Waals surface area contributed by atoms with E-state index in [1.54, 1.807) is 12.1 Å². The third kappa shape index (κ3) is 5.79. The van der Waals surface area contributed by atoms with Crippen molar-refractivity contribution in [3.63, 3.8) is 0 Å². The molecule has 0 aromatic heterocycles. The second kappa shape index (κ2) is 10.7. The van der Waals surface area contributed by atoms with E-state index in [0.29, 0.717) is 30.3 Å². The number of halogens is 1. The van der Waals surface area contributed by atoms with Crippen molar-refractivity contribution in [3.8, 4) is 11.5 Å². The van der Waals surface area contributed by atoms with Gasteiger partial charge in [-0.05, 0) is 70.6 Å². The predicted molar refractivity (Wildman–Crippen MR) is 126 cm³/mol. The first-order valence-corrected chi connectivity index (χ1v) is 11.3. The Morgan fingerprint density at radius 3 is 2.58 bits per heavy atom. The van der Waals surface area contributed by atoms with E-state index in [-0.39, 0.29) is 4.91 Å². The lowest BCUT2D eigenvalue weighted by molar-refractivity contribution is -0.143. The SMILES string of the molecule is CCOc1cc(/C=C2/SC(=O)N(CC(=O)OC)C2=O)cc(I)c1OCc1ccccc1. The molecule has 0 saturated carbocycles. The van der Waals surface area contributed by atoms with Gasteiger partial charge in [-0.2, -0.15) is 0 Å². The number of imide groups is 1. The van der Waals surface area contributed by atoms with Gasteiger partial charge in [0.2, 0.25) is 0 Å². The number of hydrogen-bond acceptors (Lipinski definition) is 7. The number of amides is 2. The largest absolute Gasteiger partial charge is 0.490 e. The lowest BCUT2D eigenvalue weighted by Crippen LogP contribution is -2.34. The Hall–Kier alpha value is -2.53. The summed E-state index contributed by atoms with van der Waals surface area (Å²) in [5, 5.41) is -0.510. The van der Waals surface area contributed by atoms with Crippen LogP contribution in [-0.2, 0) is 20.9 Å². The van der Waals surface area contributed by atoms with E-state index in [1.165, 1.54) is 7.11 Å². The molecular weight excluding hydrogens is 533 g/mol. The third-order valence-corrected chi connectivity index (χ3v) is 5.95. The van der Waals surface area contributed by atoms with Crippen LogP contribution in [0.25, 0.3) is 6.08 Å². The Morgan fingerprint density at radius 2 is 1.90 bits per heavy atom. The van der Waals surface area contributed by atoms with Crippen LogP contribution in [0.5, 0.6) is 11.5 Å². The van der Waals surface area contributed by atoms with Crippen molar-refractivity contribution >= 4 is 57.5 Å². The smallest absolute Gasteiger partial charge is 0.325 e. The molecule has 0 atom stereocenters. The monoisotopic (exact) mass is 553 g/mol. The van der Waals surface area contributed by atoms with Crippen LogP contribution in [0.4, 0.5) is 4.79 Å². The maximum atomic E-state index is 12.5. The fraction of sp³-hybridized carbons (Fsp3) is 0.227. The van der Waals surface area contributed by atoms with Crippen LogP contribution in [0.2, 0.25) is 0 Å². The van der Waals surface area contributed by atoms with Gasteiger partial charge < -0.3 is 14.2 Å². The van der Waals surface area contributed by atoms with Crippen molar-refractivity contribution < 1.29 is 28.6 Å². The van der Waals surface area contributed by atoms with Gasteiger partial charge in [0.25, 0.3) is 11.1 Å². The molecule has 1 aliphatic heterocycles. The Kier molecular flexibility index (Phi) is 7.97. The van der Waals surface area contributed by atoms with Crippen LogP contribution in [0.1, 0.15) is 18.1 Å². The molecule has 0 radical (unpaired) electrons. The van der Waals surface area contributed by atoms with Gasteiger partial charge in [0, 0.05) is 0 Å². The second-order valence-electron chi connectivity index (χ2n) is 6.38. The van der Waals surface area contributed by atoms with Crippen LogP contribution >= 0.6 is 34.4 Å². The minimum absolute atomic E-state index is 0.227. The summed E-state index contributed by atoms with van der Waals surface area (Å²) in [6.07, 6.45) is 1.60. The molecule has 3 rings (SSSR count). The predicted octanol–water partition coefficient (Wildman–Crippen LogP) is 4.48. The number of methoxy groups -OCH3 is 1. The minimum atomic E-state index is -0.656. The molecule has 1 fully saturated rings. The average molecular weight is 553 g/mol. The summed E-state index contributed by atoms with van der Waals surface area (Å²) in [7, 11) is 1.20. The summed E-state index contributed by atoms with van der Waals surface area (Å²) in [5.41, 5.74) is 1.72. The molecule has 0 spiro atoms. The zero-order valence-corrected chi connectivity index (χ0v) is 19.9. The second-order valence-corrected chi connectivity index (χ2v) is 8.54. The lowest BCUT2D eigenvalue weighted by atomic mass is 10.1. The zero-order chi connectivity index (χ0) is 22.4. The highest BCUT2D eigenvalue weighted by atomic mass is 127. The Bertz CT molecular complexity index is 1020. The zero-order valence-electron chi connectivity index (χ0n) is 16.9. The average Bonchev–Trinajstić information content (AvgIpc) is 3.01. The van der Waals surface area contributed by atoms with E-state index >= 15 is 0 Å². The van der Waals surface area contributed by atoms with E-state index in [2.05, 4.69) is 27.3 Å². The van der Waals surface area contributed by atoms with Gasteiger partial charge in [-0.25, -0.2) is 0 Å². The van der Waals surface area contributed by atoms with Crippen molar-refractivity contribution in [3.05, 3.63) is 62.1 Å². The molecule has 2 amide bonds. The first kappa shape index (κ1) is 23.1. The van der Waals surface area contributed by atoms with Gasteiger partial charge >= 0.3 is 5.97 Å². The number of rotatable bonds is 8. The standard InChI is InChI=1S/C22H20INO6S/c1-3-29-17-10-15(9-16(23)20(17)30-13-14-7-5-4-6-8-14)11-18-21(26)24(22(27)31-18)12-19(25)28-2/h4-11H,3,12-13H2,1-2H3/b18-11+. The van der Waals surface area contributed by atoms with Crippen molar-refractivity contribution in [2.45, 2.75) is 13.5 Å². The molecule has 1 aliphatic rings. The topological polar surface area (TPSA) is 82.1 Å². The minimum Gasteiger partial charge on any atom is -0.490 e. The molecule has 1 saturated heterocycles. The van der Waals surface area contributed by atoms with E-state index in [1.807, 2.05) is 43.3 Å². The molecule has 0 bridgehead atoms. The van der Waals surface area contributed by atoms with Crippen molar-refractivity contribution in [2.75, 3.05) is 20.3 Å². The number of ether oxygens (including phenoxy) is 3. The third-order valence-electron chi connectivity index (χ3n) is 4.24. The summed E-state index contributed by atoms with van der Waals surface area (Å²) in [5.74, 6) is -0.0259. The highest BCUT2D eigenvalue weighted by molar-refractivity contribution is 14.1. The molecule has 0 N–H and O–H groups in total. The van der Waals surface area contributed by atoms with Gasteiger partial charge in [0.1, 0.15) is 13.2 Å². The van der Waals surface area contributed by atoms with Gasteiger partial charge in [-0.1, -0.05) is 30.3 Å². The first-order valence-electron chi connectivity index (χ1n) is 9.38. The molecule has 2 aromatic carbocycles. The highest BCUT2D eigenvalue weighted by Crippen LogP contribution is 2.37. The number of carbonyl (C=O) groups excluding carboxylic acids is 3. The fourth-order valence-corrected chi connectivity index (χ4v) is 4.40. The van der Waals surface area contributed by atoms with Gasteiger partial charge in [-0.3, -0.25) is 19.3 Å². The lowest BCUT2D eigenvalue weighted by Gasteiger charge is -2.15. The quantitative estimate of drug-likeness (QED) is 0.271. The molecule has 162 valence electrons. The molecule has 31 heavy (non-hydrogen) atoms. The summed E-state index contributed by atoms with van der Waals surface area (Å²) in [6, 6.07) is 13.4. The van der Waals surface area contributed by atoms with E-state index in [4.69, 9.17) is 9.47 Å². The van der Waals surface area contributed by atoms with Gasteiger partial charge in [0.05, 0.1) is 22.2 Å². The van der Waals surface area contributed by atoms with Crippen LogP contribution in [0, 0.1) is 3.57 Å². The van der Waals surface area contributed by atoms with Crippen molar-refractivity contribution in [1.82, 2.24) is 4.90 Å².